The van der Waals surface area contributed by atoms with Gasteiger partial charge in [0.05, 0.1) is 0 Å². The lowest BCUT2D eigenvalue weighted by Gasteiger charge is -2.39. The van der Waals surface area contributed by atoms with Gasteiger partial charge in [0.2, 0.25) is 17.9 Å². The van der Waals surface area contributed by atoms with Crippen molar-refractivity contribution in [1.82, 2.24) is 15.3 Å². The molecule has 3 aromatic rings. The highest BCUT2D eigenvalue weighted by Crippen LogP contribution is 2.44. The maximum Gasteiger partial charge on any atom is 0.429 e. The van der Waals surface area contributed by atoms with Gasteiger partial charge in [-0.3, -0.25) is 4.79 Å². The molecule has 2 aliphatic heterocycles. The Balaban J connectivity index is 1.43. The average Bonchev–Trinajstić information content (AvgIpc) is 3.35. The van der Waals surface area contributed by atoms with Gasteiger partial charge in [-0.05, 0) is 58.9 Å². The average molecular weight is 618 g/mol. The zero-order valence-electron chi connectivity index (χ0n) is 24.2. The largest absolute Gasteiger partial charge is 0.480 e. The van der Waals surface area contributed by atoms with Crippen LogP contribution >= 0.6 is 11.6 Å². The van der Waals surface area contributed by atoms with Crippen molar-refractivity contribution in [2.75, 3.05) is 30.3 Å². The molecule has 230 valence electrons. The van der Waals surface area contributed by atoms with E-state index in [-0.39, 0.29) is 28.2 Å². The molecule has 2 aliphatic rings. The highest BCUT2D eigenvalue weighted by Gasteiger charge is 2.46. The van der Waals surface area contributed by atoms with E-state index in [0.717, 1.165) is 5.56 Å². The molecule has 8 nitrogen and oxygen atoms in total. The minimum absolute atomic E-state index is 0.108. The van der Waals surface area contributed by atoms with E-state index in [1.54, 1.807) is 6.07 Å². The van der Waals surface area contributed by atoms with Crippen molar-refractivity contribution in [2.45, 2.75) is 63.8 Å². The van der Waals surface area contributed by atoms with Crippen molar-refractivity contribution >= 4 is 29.3 Å². The lowest BCUT2D eigenvalue weighted by Crippen LogP contribution is -2.41. The van der Waals surface area contributed by atoms with Crippen LogP contribution in [0.2, 0.25) is 5.02 Å². The Kier molecular flexibility index (Phi) is 8.26. The van der Waals surface area contributed by atoms with Gasteiger partial charge in [0.25, 0.3) is 0 Å². The van der Waals surface area contributed by atoms with Crippen molar-refractivity contribution in [3.05, 3.63) is 64.7 Å². The molecule has 12 heteroatoms. The third-order valence-corrected chi connectivity index (χ3v) is 8.62. The summed E-state index contributed by atoms with van der Waals surface area (Å²) in [5, 5.41) is 12.7. The molecule has 2 aromatic carbocycles. The monoisotopic (exact) mass is 617 g/mol. The molecule has 1 spiro atoms. The summed E-state index contributed by atoms with van der Waals surface area (Å²) in [6, 6.07) is 12.4. The SMILES string of the molecule is CC(C)(C)c1cccc(-c2cc(Cl)ccc2C(Oc2cc(N3CCC4(CC3)CN[C@H](C(=O)O)C4)nc(N)n2)C(F)(F)F)c1. The lowest BCUT2D eigenvalue weighted by atomic mass is 9.76. The topological polar surface area (TPSA) is 114 Å². The third kappa shape index (κ3) is 6.83. The molecule has 2 fully saturated rings. The number of hydrogen-bond donors (Lipinski definition) is 3. The number of rotatable bonds is 6. The summed E-state index contributed by atoms with van der Waals surface area (Å²) in [5.74, 6) is -1.03. The van der Waals surface area contributed by atoms with E-state index in [9.17, 15) is 23.1 Å². The molecule has 0 saturated carbocycles. The number of aromatic nitrogens is 2. The maximum atomic E-state index is 14.7. The van der Waals surface area contributed by atoms with Gasteiger partial charge in [0.1, 0.15) is 11.9 Å². The number of carboxylic acid groups (broad SMARTS) is 1. The molecule has 1 unspecified atom stereocenters. The third-order valence-electron chi connectivity index (χ3n) is 8.39. The molecule has 2 saturated heterocycles. The standard InChI is InChI=1S/C31H35ClF3N5O3/c1-29(2,3)19-6-4-5-18(13-19)22-14-20(32)7-8-21(22)26(31(33,34)35)43-25-15-24(38-28(36)39-25)40-11-9-30(10-12-40)16-23(27(41)42)37-17-30/h4-8,13-15,23,26,37H,9-12,16-17H2,1-3H3,(H,41,42)(H2,36,38,39)/t23-,26?/m0/s1. The van der Waals surface area contributed by atoms with Crippen molar-refractivity contribution < 1.29 is 27.8 Å². The number of ether oxygens (including phenoxy) is 1. The number of carboxylic acids is 1. The first-order valence-electron chi connectivity index (χ1n) is 14.1. The summed E-state index contributed by atoms with van der Waals surface area (Å²) in [7, 11) is 0. The summed E-state index contributed by atoms with van der Waals surface area (Å²) in [6.45, 7) is 7.78. The second-order valence-electron chi connectivity index (χ2n) is 12.5. The normalized spacial score (nSPS) is 19.4. The predicted molar refractivity (Wildman–Crippen MR) is 159 cm³/mol. The highest BCUT2D eigenvalue weighted by molar-refractivity contribution is 6.30. The quantitative estimate of drug-likeness (QED) is 0.292. The molecule has 3 heterocycles. The van der Waals surface area contributed by atoms with Crippen LogP contribution in [0.15, 0.2) is 48.5 Å². The van der Waals surface area contributed by atoms with Crippen LogP contribution in [-0.4, -0.2) is 52.9 Å². The smallest absolute Gasteiger partial charge is 0.429 e. The van der Waals surface area contributed by atoms with E-state index in [1.165, 1.54) is 24.3 Å². The van der Waals surface area contributed by atoms with Gasteiger partial charge < -0.3 is 25.8 Å². The van der Waals surface area contributed by atoms with E-state index < -0.39 is 24.3 Å². The molecule has 5 rings (SSSR count). The van der Waals surface area contributed by atoms with E-state index >= 15 is 0 Å². The first-order valence-corrected chi connectivity index (χ1v) is 14.5. The molecule has 2 atom stereocenters. The summed E-state index contributed by atoms with van der Waals surface area (Å²) < 4.78 is 49.6. The Bertz CT molecular complexity index is 1500. The van der Waals surface area contributed by atoms with Gasteiger partial charge >= 0.3 is 12.1 Å². The van der Waals surface area contributed by atoms with Gasteiger partial charge in [-0.2, -0.15) is 23.1 Å². The number of carbonyl (C=O) groups is 1. The number of nitrogen functional groups attached to an aromatic ring is 1. The number of benzene rings is 2. The number of piperidine rings is 1. The molecule has 4 N–H and O–H groups in total. The van der Waals surface area contributed by atoms with Gasteiger partial charge in [-0.1, -0.05) is 62.7 Å². The predicted octanol–water partition coefficient (Wildman–Crippen LogP) is 6.39. The van der Waals surface area contributed by atoms with Gasteiger partial charge in [-0.25, -0.2) is 0 Å². The molecular weight excluding hydrogens is 583 g/mol. The Morgan fingerprint density at radius 1 is 1.14 bits per heavy atom. The number of nitrogens with zero attached hydrogens (tertiary/aromatic N) is 3. The van der Waals surface area contributed by atoms with Gasteiger partial charge in [0, 0.05) is 36.3 Å². The fraction of sp³-hybridized carbons (Fsp3) is 0.452. The summed E-state index contributed by atoms with van der Waals surface area (Å²) in [4.78, 5) is 21.6. The summed E-state index contributed by atoms with van der Waals surface area (Å²) in [5.41, 5.74) is 7.33. The molecule has 0 aliphatic carbocycles. The number of anilines is 2. The Morgan fingerprint density at radius 2 is 1.86 bits per heavy atom. The minimum atomic E-state index is -4.79. The van der Waals surface area contributed by atoms with Gasteiger partial charge in [0.15, 0.2) is 0 Å². The van der Waals surface area contributed by atoms with Crippen LogP contribution in [-0.2, 0) is 10.2 Å². The Hall–Kier alpha value is -3.57. The summed E-state index contributed by atoms with van der Waals surface area (Å²) >= 11 is 6.27. The first kappa shape index (κ1) is 30.9. The van der Waals surface area contributed by atoms with Crippen molar-refractivity contribution in [1.29, 1.82) is 0 Å². The number of aliphatic carboxylic acids is 1. The van der Waals surface area contributed by atoms with Crippen LogP contribution < -0.4 is 20.7 Å². The number of alkyl halides is 3. The number of nitrogens with two attached hydrogens (primary N) is 1. The summed E-state index contributed by atoms with van der Waals surface area (Å²) in [6.07, 6.45) is -5.21. The highest BCUT2D eigenvalue weighted by atomic mass is 35.5. The first-order chi connectivity index (χ1) is 20.1. The number of hydrogen-bond acceptors (Lipinski definition) is 7. The van der Waals surface area contributed by atoms with Crippen LogP contribution in [0.1, 0.15) is 57.3 Å². The van der Waals surface area contributed by atoms with Crippen LogP contribution in [0, 0.1) is 5.41 Å². The Labute approximate surface area is 253 Å². The van der Waals surface area contributed by atoms with E-state index in [4.69, 9.17) is 22.1 Å². The van der Waals surface area contributed by atoms with Crippen LogP contribution in [0.5, 0.6) is 5.88 Å². The van der Waals surface area contributed by atoms with Crippen molar-refractivity contribution in [3.8, 4) is 17.0 Å². The molecular formula is C31H35ClF3N5O3. The van der Waals surface area contributed by atoms with E-state index in [0.29, 0.717) is 60.9 Å². The molecule has 0 amide bonds. The fourth-order valence-electron chi connectivity index (χ4n) is 5.92. The minimum Gasteiger partial charge on any atom is -0.480 e. The molecule has 1 aromatic heterocycles. The molecule has 0 bridgehead atoms. The zero-order chi connectivity index (χ0) is 31.2. The maximum absolute atomic E-state index is 14.7. The zero-order valence-corrected chi connectivity index (χ0v) is 25.0. The van der Waals surface area contributed by atoms with E-state index in [2.05, 4.69) is 15.3 Å². The van der Waals surface area contributed by atoms with Gasteiger partial charge in [-0.15, -0.1) is 0 Å². The lowest BCUT2D eigenvalue weighted by molar-refractivity contribution is -0.198. The van der Waals surface area contributed by atoms with Crippen molar-refractivity contribution in [3.63, 3.8) is 0 Å². The molecule has 0 radical (unpaired) electrons. The Morgan fingerprint density at radius 3 is 2.49 bits per heavy atom. The second-order valence-corrected chi connectivity index (χ2v) is 12.9. The van der Waals surface area contributed by atoms with Crippen LogP contribution in [0.3, 0.4) is 0 Å². The second kappa shape index (κ2) is 11.5. The van der Waals surface area contributed by atoms with Crippen molar-refractivity contribution in [2.24, 2.45) is 5.41 Å². The number of halogens is 4. The molecule has 43 heavy (non-hydrogen) atoms. The number of nitrogens with one attached hydrogen (secondary N) is 1. The van der Waals surface area contributed by atoms with Crippen LogP contribution in [0.4, 0.5) is 24.9 Å². The van der Waals surface area contributed by atoms with E-state index in [1.807, 2.05) is 43.9 Å². The van der Waals surface area contributed by atoms with Crippen LogP contribution in [0.25, 0.3) is 11.1 Å². The fourth-order valence-corrected chi connectivity index (χ4v) is 6.10.